The van der Waals surface area contributed by atoms with Crippen molar-refractivity contribution in [3.63, 3.8) is 0 Å². The molecule has 0 aliphatic carbocycles. The first kappa shape index (κ1) is 23.2. The first-order chi connectivity index (χ1) is 16.2. The van der Waals surface area contributed by atoms with E-state index in [2.05, 4.69) is 15.0 Å². The van der Waals surface area contributed by atoms with Crippen molar-refractivity contribution in [1.82, 2.24) is 19.5 Å². The maximum atomic E-state index is 15.2. The van der Waals surface area contributed by atoms with Gasteiger partial charge in [0.1, 0.15) is 22.3 Å². The van der Waals surface area contributed by atoms with Crippen molar-refractivity contribution < 1.29 is 18.4 Å². The molecule has 0 aliphatic heterocycles. The Morgan fingerprint density at radius 3 is 2.53 bits per heavy atom. The summed E-state index contributed by atoms with van der Waals surface area (Å²) in [6, 6.07) is 4.75. The molecule has 0 aliphatic rings. The Morgan fingerprint density at radius 1 is 1.18 bits per heavy atom. The number of pyridine rings is 2. The maximum Gasteiger partial charge on any atom is 0.353 e. The highest BCUT2D eigenvalue weighted by Crippen LogP contribution is 2.37. The summed E-state index contributed by atoms with van der Waals surface area (Å²) in [6.07, 6.45) is 2.70. The molecule has 0 N–H and O–H groups in total. The van der Waals surface area contributed by atoms with Gasteiger partial charge in [0, 0.05) is 17.8 Å². The molecule has 0 radical (unpaired) electrons. The molecule has 0 atom stereocenters. The molecule has 3 heterocycles. The summed E-state index contributed by atoms with van der Waals surface area (Å²) in [5.74, 6) is -2.14. The minimum atomic E-state index is -1.14. The van der Waals surface area contributed by atoms with Crippen molar-refractivity contribution in [3.8, 4) is 22.8 Å². The highest BCUT2D eigenvalue weighted by Gasteiger charge is 2.30. The van der Waals surface area contributed by atoms with Gasteiger partial charge in [-0.25, -0.2) is 23.3 Å². The molecule has 4 rings (SSSR count). The molecule has 0 fully saturated rings. The third-order valence-electron chi connectivity index (χ3n) is 5.10. The number of nitrogens with zero attached hydrogens (tertiary/aromatic N) is 5. The van der Waals surface area contributed by atoms with Gasteiger partial charge in [-0.1, -0.05) is 31.5 Å². The van der Waals surface area contributed by atoms with Crippen LogP contribution in [0.2, 0.25) is 5.02 Å². The van der Waals surface area contributed by atoms with E-state index in [9.17, 15) is 19.3 Å². The second-order valence-electron chi connectivity index (χ2n) is 7.49. The topological polar surface area (TPSA) is 113 Å². The van der Waals surface area contributed by atoms with Gasteiger partial charge < -0.3 is 4.74 Å². The predicted octanol–water partition coefficient (Wildman–Crippen LogP) is 4.81. The van der Waals surface area contributed by atoms with Crippen LogP contribution in [0.5, 0.6) is 5.75 Å². The average molecular weight is 488 g/mol. The van der Waals surface area contributed by atoms with E-state index in [1.807, 2.05) is 0 Å². The zero-order valence-corrected chi connectivity index (χ0v) is 18.8. The molecular formula is C22H16ClF2N5O4. The Hall–Kier alpha value is -3.99. The van der Waals surface area contributed by atoms with Crippen molar-refractivity contribution >= 4 is 28.3 Å². The summed E-state index contributed by atoms with van der Waals surface area (Å²) < 4.78 is 36.0. The van der Waals surface area contributed by atoms with E-state index in [0.29, 0.717) is 5.69 Å². The van der Waals surface area contributed by atoms with Gasteiger partial charge >= 0.3 is 11.2 Å². The lowest BCUT2D eigenvalue weighted by atomic mass is 10.1. The van der Waals surface area contributed by atoms with Crippen LogP contribution in [0.4, 0.5) is 14.5 Å². The second-order valence-corrected chi connectivity index (χ2v) is 7.87. The van der Waals surface area contributed by atoms with E-state index in [-0.39, 0.29) is 34.1 Å². The number of hydrogen-bond acceptors (Lipinski definition) is 7. The summed E-state index contributed by atoms with van der Waals surface area (Å²) in [5, 5.41) is 10.8. The summed E-state index contributed by atoms with van der Waals surface area (Å²) in [6.45, 7) is 3.57. The quantitative estimate of drug-likeness (QED) is 0.293. The number of ether oxygens (including phenoxy) is 1. The number of nitro groups is 1. The minimum absolute atomic E-state index is 0.00460. The molecule has 34 heavy (non-hydrogen) atoms. The van der Waals surface area contributed by atoms with E-state index in [1.165, 1.54) is 31.6 Å². The zero-order valence-electron chi connectivity index (χ0n) is 18.0. The van der Waals surface area contributed by atoms with Crippen LogP contribution in [0.25, 0.3) is 28.1 Å². The maximum absolute atomic E-state index is 15.2. The molecular weight excluding hydrogens is 472 g/mol. The van der Waals surface area contributed by atoms with Gasteiger partial charge in [0.05, 0.1) is 23.3 Å². The second kappa shape index (κ2) is 8.75. The molecule has 9 nitrogen and oxygen atoms in total. The van der Waals surface area contributed by atoms with Crippen molar-refractivity contribution in [3.05, 3.63) is 79.5 Å². The van der Waals surface area contributed by atoms with Crippen LogP contribution in [0.3, 0.4) is 0 Å². The van der Waals surface area contributed by atoms with Crippen molar-refractivity contribution in [2.75, 3.05) is 7.11 Å². The van der Waals surface area contributed by atoms with Crippen LogP contribution in [0.1, 0.15) is 25.5 Å². The van der Waals surface area contributed by atoms with Crippen LogP contribution >= 0.6 is 11.6 Å². The number of methoxy groups -OCH3 is 1. The van der Waals surface area contributed by atoms with E-state index in [1.54, 1.807) is 13.8 Å². The van der Waals surface area contributed by atoms with Gasteiger partial charge in [-0.2, -0.15) is 0 Å². The first-order valence-electron chi connectivity index (χ1n) is 9.90. The molecule has 12 heteroatoms. The summed E-state index contributed by atoms with van der Waals surface area (Å²) >= 11 is 6.17. The highest BCUT2D eigenvalue weighted by molar-refractivity contribution is 6.37. The Labute approximate surface area is 195 Å². The molecule has 1 aromatic carbocycles. The third kappa shape index (κ3) is 3.63. The number of rotatable bonds is 5. The van der Waals surface area contributed by atoms with Crippen LogP contribution in [-0.2, 0) is 0 Å². The minimum Gasteiger partial charge on any atom is -0.496 e. The SMILES string of the molecule is COc1cccc(F)c1-c1nc2c(cc1F)c(Cl)c([N+](=O)[O-])c(=O)n2-c1nccnc1C(C)C. The number of benzene rings is 1. The van der Waals surface area contributed by atoms with E-state index in [0.717, 1.165) is 16.7 Å². The molecule has 174 valence electrons. The molecule has 0 unspecified atom stereocenters. The highest BCUT2D eigenvalue weighted by atomic mass is 35.5. The van der Waals surface area contributed by atoms with Gasteiger partial charge in [0.25, 0.3) is 0 Å². The molecule has 0 saturated carbocycles. The zero-order chi connectivity index (χ0) is 24.7. The smallest absolute Gasteiger partial charge is 0.353 e. The van der Waals surface area contributed by atoms with Gasteiger partial charge in [-0.3, -0.25) is 19.9 Å². The molecule has 0 amide bonds. The van der Waals surface area contributed by atoms with Gasteiger partial charge in [-0.15, -0.1) is 0 Å². The Balaban J connectivity index is 2.23. The fraction of sp³-hybridized carbons (Fsp3) is 0.182. The lowest BCUT2D eigenvalue weighted by molar-refractivity contribution is -0.386. The Kier molecular flexibility index (Phi) is 5.96. The van der Waals surface area contributed by atoms with Crippen molar-refractivity contribution in [1.29, 1.82) is 0 Å². The van der Waals surface area contributed by atoms with Gasteiger partial charge in [0.2, 0.25) is 0 Å². The van der Waals surface area contributed by atoms with Crippen LogP contribution in [0.15, 0.2) is 41.5 Å². The monoisotopic (exact) mass is 487 g/mol. The first-order valence-corrected chi connectivity index (χ1v) is 10.3. The van der Waals surface area contributed by atoms with Crippen LogP contribution in [0, 0.1) is 21.7 Å². The lowest BCUT2D eigenvalue weighted by Gasteiger charge is -2.16. The fourth-order valence-corrected chi connectivity index (χ4v) is 3.88. The Bertz CT molecular complexity index is 1520. The molecule has 4 aromatic rings. The summed E-state index contributed by atoms with van der Waals surface area (Å²) in [7, 11) is 1.28. The van der Waals surface area contributed by atoms with Gasteiger partial charge in [0.15, 0.2) is 17.3 Å². The van der Waals surface area contributed by atoms with Crippen molar-refractivity contribution in [2.24, 2.45) is 0 Å². The van der Waals surface area contributed by atoms with Crippen LogP contribution < -0.4 is 10.3 Å². The summed E-state index contributed by atoms with van der Waals surface area (Å²) in [5.41, 5.74) is -2.82. The molecule has 0 bridgehead atoms. The van der Waals surface area contributed by atoms with E-state index >= 15 is 4.39 Å². The third-order valence-corrected chi connectivity index (χ3v) is 5.48. The number of halogens is 3. The van der Waals surface area contributed by atoms with Crippen molar-refractivity contribution in [2.45, 2.75) is 19.8 Å². The largest absolute Gasteiger partial charge is 0.496 e. The molecule has 0 spiro atoms. The average Bonchev–Trinajstić information content (AvgIpc) is 2.79. The van der Waals surface area contributed by atoms with Gasteiger partial charge in [-0.05, 0) is 24.1 Å². The number of fused-ring (bicyclic) bond motifs is 1. The van der Waals surface area contributed by atoms with Crippen LogP contribution in [-0.4, -0.2) is 31.6 Å². The number of hydrogen-bond donors (Lipinski definition) is 0. The Morgan fingerprint density at radius 2 is 1.88 bits per heavy atom. The molecule has 3 aromatic heterocycles. The molecule has 0 saturated heterocycles. The number of aromatic nitrogens is 4. The lowest BCUT2D eigenvalue weighted by Crippen LogP contribution is -2.25. The van der Waals surface area contributed by atoms with E-state index in [4.69, 9.17) is 16.3 Å². The fourth-order valence-electron chi connectivity index (χ4n) is 3.59. The standard InChI is InChI=1S/C22H16ClF2N5O4/c1-10(2)17-21(27-8-7-26-17)29-20-11(16(23)19(22(29)31)30(32)33)9-13(25)18(28-20)15-12(24)5-4-6-14(15)34-3/h4-10H,1-3H3. The predicted molar refractivity (Wildman–Crippen MR) is 121 cm³/mol. The van der Waals surface area contributed by atoms with E-state index < -0.39 is 38.5 Å². The normalized spacial score (nSPS) is 11.3. The summed E-state index contributed by atoms with van der Waals surface area (Å²) in [4.78, 5) is 36.6.